The van der Waals surface area contributed by atoms with Gasteiger partial charge in [-0.2, -0.15) is 0 Å². The van der Waals surface area contributed by atoms with Crippen molar-refractivity contribution >= 4 is 39.1 Å². The van der Waals surface area contributed by atoms with E-state index in [9.17, 15) is 9.59 Å². The lowest BCUT2D eigenvalue weighted by Crippen LogP contribution is -2.34. The maximum Gasteiger partial charge on any atom is 0.256 e. The number of rotatable bonds is 3. The van der Waals surface area contributed by atoms with Crippen LogP contribution in [0.2, 0.25) is 0 Å². The van der Waals surface area contributed by atoms with Crippen LogP contribution in [-0.4, -0.2) is 17.9 Å². The number of imide groups is 1. The average Bonchev–Trinajstić information content (AvgIpc) is 2.77. The molecule has 0 spiro atoms. The number of aryl methyl sites for hydroxylation is 1. The summed E-state index contributed by atoms with van der Waals surface area (Å²) >= 11 is 3.37. The molecule has 1 aliphatic rings. The molecular weight excluding hydrogens is 344 g/mol. The number of amides is 2. The SMILES string of the molecule is Cc1ccc(N2C(=O)CC(Nc3ccc(Br)cc3)C2=O)cc1. The van der Waals surface area contributed by atoms with Gasteiger partial charge in [0.05, 0.1) is 12.1 Å². The van der Waals surface area contributed by atoms with Crippen molar-refractivity contribution in [1.29, 1.82) is 0 Å². The Balaban J connectivity index is 1.79. The first kappa shape index (κ1) is 14.8. The molecule has 1 saturated heterocycles. The fourth-order valence-corrected chi connectivity index (χ4v) is 2.72. The molecule has 1 N–H and O–H groups in total. The zero-order chi connectivity index (χ0) is 15.7. The molecule has 1 unspecified atom stereocenters. The molecule has 0 saturated carbocycles. The quantitative estimate of drug-likeness (QED) is 0.854. The molecule has 0 aliphatic carbocycles. The number of benzene rings is 2. The second-order valence-corrected chi connectivity index (χ2v) is 6.23. The Labute approximate surface area is 137 Å². The lowest BCUT2D eigenvalue weighted by molar-refractivity contribution is -0.121. The van der Waals surface area contributed by atoms with Crippen LogP contribution in [0.4, 0.5) is 11.4 Å². The summed E-state index contributed by atoms with van der Waals surface area (Å²) in [6.45, 7) is 1.97. The minimum absolute atomic E-state index is 0.169. The van der Waals surface area contributed by atoms with Gasteiger partial charge in [-0.1, -0.05) is 33.6 Å². The van der Waals surface area contributed by atoms with Crippen molar-refractivity contribution in [2.45, 2.75) is 19.4 Å². The van der Waals surface area contributed by atoms with E-state index in [1.165, 1.54) is 4.90 Å². The van der Waals surface area contributed by atoms with E-state index in [-0.39, 0.29) is 18.2 Å². The van der Waals surface area contributed by atoms with Crippen LogP contribution in [0.15, 0.2) is 53.0 Å². The molecule has 3 rings (SSSR count). The second kappa shape index (κ2) is 5.93. The number of anilines is 2. The molecule has 1 fully saturated rings. The van der Waals surface area contributed by atoms with Crippen LogP contribution in [0.1, 0.15) is 12.0 Å². The maximum atomic E-state index is 12.5. The summed E-state index contributed by atoms with van der Waals surface area (Å²) in [6, 6.07) is 14.4. The molecule has 22 heavy (non-hydrogen) atoms. The average molecular weight is 359 g/mol. The van der Waals surface area contributed by atoms with Gasteiger partial charge in [0.25, 0.3) is 5.91 Å². The van der Waals surface area contributed by atoms with Gasteiger partial charge < -0.3 is 5.32 Å². The standard InChI is InChI=1S/C17H15BrN2O2/c1-11-2-8-14(9-3-11)20-16(21)10-15(17(20)22)19-13-6-4-12(18)5-7-13/h2-9,15,19H,10H2,1H3. The third-order valence-electron chi connectivity index (χ3n) is 3.62. The molecule has 0 radical (unpaired) electrons. The Morgan fingerprint density at radius 2 is 1.68 bits per heavy atom. The molecule has 0 aromatic heterocycles. The third kappa shape index (κ3) is 2.90. The minimum Gasteiger partial charge on any atom is -0.373 e. The van der Waals surface area contributed by atoms with E-state index < -0.39 is 6.04 Å². The highest BCUT2D eigenvalue weighted by Crippen LogP contribution is 2.25. The summed E-state index contributed by atoms with van der Waals surface area (Å²) in [5, 5.41) is 3.13. The Morgan fingerprint density at radius 1 is 1.05 bits per heavy atom. The first-order valence-corrected chi connectivity index (χ1v) is 7.79. The fourth-order valence-electron chi connectivity index (χ4n) is 2.46. The zero-order valence-corrected chi connectivity index (χ0v) is 13.6. The van der Waals surface area contributed by atoms with Crippen LogP contribution in [0, 0.1) is 6.92 Å². The molecule has 0 bridgehead atoms. The largest absolute Gasteiger partial charge is 0.373 e. The molecule has 1 heterocycles. The van der Waals surface area contributed by atoms with E-state index >= 15 is 0 Å². The predicted octanol–water partition coefficient (Wildman–Crippen LogP) is 3.50. The van der Waals surface area contributed by atoms with Gasteiger partial charge in [-0.15, -0.1) is 0 Å². The number of carbonyl (C=O) groups is 2. The lowest BCUT2D eigenvalue weighted by atomic mass is 10.2. The van der Waals surface area contributed by atoms with Crippen LogP contribution in [0.25, 0.3) is 0 Å². The molecule has 4 nitrogen and oxygen atoms in total. The first-order chi connectivity index (χ1) is 10.5. The Bertz CT molecular complexity index is 710. The van der Waals surface area contributed by atoms with Crippen molar-refractivity contribution in [2.24, 2.45) is 0 Å². The van der Waals surface area contributed by atoms with Crippen LogP contribution in [0.5, 0.6) is 0 Å². The van der Waals surface area contributed by atoms with Crippen molar-refractivity contribution in [3.05, 3.63) is 58.6 Å². The van der Waals surface area contributed by atoms with E-state index in [1.54, 1.807) is 12.1 Å². The van der Waals surface area contributed by atoms with Crippen molar-refractivity contribution in [3.8, 4) is 0 Å². The van der Waals surface area contributed by atoms with E-state index in [0.717, 1.165) is 15.7 Å². The van der Waals surface area contributed by atoms with Gasteiger partial charge in [-0.05, 0) is 43.3 Å². The summed E-state index contributed by atoms with van der Waals surface area (Å²) in [4.78, 5) is 25.9. The molecular formula is C17H15BrN2O2. The minimum atomic E-state index is -0.519. The maximum absolute atomic E-state index is 12.5. The Morgan fingerprint density at radius 3 is 2.32 bits per heavy atom. The first-order valence-electron chi connectivity index (χ1n) is 7.00. The number of hydrogen-bond donors (Lipinski definition) is 1. The molecule has 1 atom stereocenters. The topological polar surface area (TPSA) is 49.4 Å². The lowest BCUT2D eigenvalue weighted by Gasteiger charge is -2.16. The fraction of sp³-hybridized carbons (Fsp3) is 0.176. The summed E-state index contributed by atoms with van der Waals surface area (Å²) < 4.78 is 0.966. The van der Waals surface area contributed by atoms with E-state index in [0.29, 0.717) is 5.69 Å². The second-order valence-electron chi connectivity index (χ2n) is 5.31. The summed E-state index contributed by atoms with van der Waals surface area (Å²) in [5.41, 5.74) is 2.54. The molecule has 2 aromatic rings. The monoisotopic (exact) mass is 358 g/mol. The van der Waals surface area contributed by atoms with Crippen LogP contribution in [-0.2, 0) is 9.59 Å². The number of nitrogens with zero attached hydrogens (tertiary/aromatic N) is 1. The van der Waals surface area contributed by atoms with Gasteiger partial charge in [-0.25, -0.2) is 4.90 Å². The van der Waals surface area contributed by atoms with Crippen molar-refractivity contribution < 1.29 is 9.59 Å². The summed E-state index contributed by atoms with van der Waals surface area (Å²) in [6.07, 6.45) is 0.169. The van der Waals surface area contributed by atoms with Gasteiger partial charge in [-0.3, -0.25) is 9.59 Å². The smallest absolute Gasteiger partial charge is 0.256 e. The van der Waals surface area contributed by atoms with Crippen LogP contribution >= 0.6 is 15.9 Å². The molecule has 1 aliphatic heterocycles. The zero-order valence-electron chi connectivity index (χ0n) is 12.0. The van der Waals surface area contributed by atoms with Gasteiger partial charge in [0.15, 0.2) is 0 Å². The molecule has 5 heteroatoms. The summed E-state index contributed by atoms with van der Waals surface area (Å²) in [7, 11) is 0. The van der Waals surface area contributed by atoms with Crippen LogP contribution < -0.4 is 10.2 Å². The van der Waals surface area contributed by atoms with Crippen LogP contribution in [0.3, 0.4) is 0 Å². The van der Waals surface area contributed by atoms with Gasteiger partial charge in [0, 0.05) is 10.2 Å². The number of hydrogen-bond acceptors (Lipinski definition) is 3. The molecule has 2 amide bonds. The normalized spacial score (nSPS) is 17.9. The summed E-state index contributed by atoms with van der Waals surface area (Å²) in [5.74, 6) is -0.389. The van der Waals surface area contributed by atoms with E-state index in [1.807, 2.05) is 43.3 Å². The highest BCUT2D eigenvalue weighted by Gasteiger charge is 2.39. The van der Waals surface area contributed by atoms with Gasteiger partial charge in [0.2, 0.25) is 5.91 Å². The number of carbonyl (C=O) groups excluding carboxylic acids is 2. The number of halogens is 1. The van der Waals surface area contributed by atoms with Crippen molar-refractivity contribution in [1.82, 2.24) is 0 Å². The number of nitrogens with one attached hydrogen (secondary N) is 1. The van der Waals surface area contributed by atoms with E-state index in [4.69, 9.17) is 0 Å². The van der Waals surface area contributed by atoms with Crippen molar-refractivity contribution in [2.75, 3.05) is 10.2 Å². The van der Waals surface area contributed by atoms with Crippen molar-refractivity contribution in [3.63, 3.8) is 0 Å². The highest BCUT2D eigenvalue weighted by atomic mass is 79.9. The Hall–Kier alpha value is -2.14. The van der Waals surface area contributed by atoms with Gasteiger partial charge in [0.1, 0.15) is 6.04 Å². The third-order valence-corrected chi connectivity index (χ3v) is 4.15. The predicted molar refractivity (Wildman–Crippen MR) is 89.8 cm³/mol. The highest BCUT2D eigenvalue weighted by molar-refractivity contribution is 9.10. The molecule has 112 valence electrons. The molecule has 2 aromatic carbocycles. The van der Waals surface area contributed by atoms with E-state index in [2.05, 4.69) is 21.2 Å². The Kier molecular flexibility index (Phi) is 3.98. The van der Waals surface area contributed by atoms with Gasteiger partial charge >= 0.3 is 0 Å².